The van der Waals surface area contributed by atoms with Crippen molar-refractivity contribution in [2.45, 2.75) is 18.8 Å². The van der Waals surface area contributed by atoms with Gasteiger partial charge in [-0.3, -0.25) is 9.40 Å². The molecular formula is C26H22F3N7O3S. The number of nitrogens with zero attached hydrogens (tertiary/aromatic N) is 5. The van der Waals surface area contributed by atoms with Gasteiger partial charge in [0.25, 0.3) is 10.0 Å². The largest absolute Gasteiger partial charge is 0.484 e. The normalized spacial score (nSPS) is 12.6. The average molecular weight is 570 g/mol. The van der Waals surface area contributed by atoms with Crippen molar-refractivity contribution >= 4 is 32.4 Å². The SMILES string of the molecule is CC(Oc1cc(-c2nn(C)c3c(-c4ccncn4)cnc(N)c23)ccc1NS(=O)(=O)C(F)F)c1ccc(F)cc1. The summed E-state index contributed by atoms with van der Waals surface area (Å²) >= 11 is 0. The number of aromatic nitrogens is 5. The first-order valence-electron chi connectivity index (χ1n) is 11.8. The van der Waals surface area contributed by atoms with Gasteiger partial charge in [0.1, 0.15) is 35.5 Å². The fourth-order valence-corrected chi connectivity index (χ4v) is 4.78. The number of ether oxygens (including phenoxy) is 1. The molecule has 10 nitrogen and oxygen atoms in total. The maximum atomic E-state index is 13.4. The number of rotatable bonds is 8. The van der Waals surface area contributed by atoms with Crippen molar-refractivity contribution in [1.29, 1.82) is 0 Å². The molecule has 1 atom stereocenters. The maximum Gasteiger partial charge on any atom is 0.355 e. The van der Waals surface area contributed by atoms with E-state index in [1.807, 2.05) is 4.72 Å². The van der Waals surface area contributed by atoms with E-state index in [1.54, 1.807) is 37.1 Å². The van der Waals surface area contributed by atoms with Gasteiger partial charge < -0.3 is 10.5 Å². The van der Waals surface area contributed by atoms with E-state index in [1.165, 1.54) is 48.8 Å². The predicted molar refractivity (Wildman–Crippen MR) is 143 cm³/mol. The number of anilines is 2. The van der Waals surface area contributed by atoms with E-state index >= 15 is 0 Å². The van der Waals surface area contributed by atoms with Crippen LogP contribution < -0.4 is 15.2 Å². The number of aryl methyl sites for hydroxylation is 1. The van der Waals surface area contributed by atoms with Crippen molar-refractivity contribution in [3.8, 4) is 28.3 Å². The summed E-state index contributed by atoms with van der Waals surface area (Å²) in [4.78, 5) is 12.5. The molecule has 5 aromatic rings. The standard InChI is InChI=1S/C26H22F3N7O3S/c1-14(15-3-6-17(27)7-4-15)39-21-11-16(5-8-20(21)35-40(37,38)26(28)29)23-22-24(36(2)34-23)18(12-32-25(22)30)19-9-10-31-13-33-19/h3-14,26,35H,1-2H3,(H2,30,32). The van der Waals surface area contributed by atoms with Gasteiger partial charge in [0.15, 0.2) is 0 Å². The number of benzene rings is 2. The first-order chi connectivity index (χ1) is 19.0. The molecule has 0 amide bonds. The number of pyridine rings is 1. The van der Waals surface area contributed by atoms with Gasteiger partial charge in [0.05, 0.1) is 22.3 Å². The van der Waals surface area contributed by atoms with Gasteiger partial charge in [-0.2, -0.15) is 13.9 Å². The fraction of sp³-hybridized carbons (Fsp3) is 0.154. The van der Waals surface area contributed by atoms with Crippen molar-refractivity contribution in [1.82, 2.24) is 24.7 Å². The Labute approximate surface area is 226 Å². The number of fused-ring (bicyclic) bond motifs is 1. The molecule has 2 aromatic carbocycles. The van der Waals surface area contributed by atoms with Crippen LogP contribution >= 0.6 is 0 Å². The van der Waals surface area contributed by atoms with Crippen molar-refractivity contribution in [3.63, 3.8) is 0 Å². The van der Waals surface area contributed by atoms with E-state index in [-0.39, 0.29) is 17.3 Å². The zero-order valence-corrected chi connectivity index (χ0v) is 21.9. The van der Waals surface area contributed by atoms with Crippen LogP contribution in [-0.2, 0) is 17.1 Å². The minimum absolute atomic E-state index is 0.0594. The Morgan fingerprint density at radius 2 is 1.82 bits per heavy atom. The zero-order chi connectivity index (χ0) is 28.6. The van der Waals surface area contributed by atoms with Crippen LogP contribution in [-0.4, -0.2) is 38.9 Å². The van der Waals surface area contributed by atoms with Crippen molar-refractivity contribution in [2.24, 2.45) is 7.05 Å². The van der Waals surface area contributed by atoms with E-state index in [2.05, 4.69) is 20.1 Å². The molecular weight excluding hydrogens is 547 g/mol. The number of sulfonamides is 1. The number of halogens is 3. The summed E-state index contributed by atoms with van der Waals surface area (Å²) < 4.78 is 73.2. The Morgan fingerprint density at radius 3 is 2.50 bits per heavy atom. The quantitative estimate of drug-likeness (QED) is 0.269. The first kappa shape index (κ1) is 26.9. The lowest BCUT2D eigenvalue weighted by Gasteiger charge is -2.19. The Kier molecular flexibility index (Phi) is 7.02. The number of nitrogens with two attached hydrogens (primary N) is 1. The van der Waals surface area contributed by atoms with Crippen LogP contribution in [0.15, 0.2) is 67.3 Å². The summed E-state index contributed by atoms with van der Waals surface area (Å²) in [6.45, 7) is 1.65. The molecule has 0 spiro atoms. The van der Waals surface area contributed by atoms with Crippen LogP contribution in [0.1, 0.15) is 18.6 Å². The van der Waals surface area contributed by atoms with Crippen molar-refractivity contribution in [2.75, 3.05) is 10.5 Å². The zero-order valence-electron chi connectivity index (χ0n) is 21.1. The third-order valence-electron chi connectivity index (χ3n) is 6.13. The van der Waals surface area contributed by atoms with Crippen LogP contribution in [0.3, 0.4) is 0 Å². The Bertz CT molecular complexity index is 1800. The second-order valence-corrected chi connectivity index (χ2v) is 10.4. The van der Waals surface area contributed by atoms with Crippen LogP contribution in [0.4, 0.5) is 24.7 Å². The summed E-state index contributed by atoms with van der Waals surface area (Å²) in [6, 6.07) is 11.5. The molecule has 206 valence electrons. The van der Waals surface area contributed by atoms with E-state index < -0.39 is 27.7 Å². The third kappa shape index (κ3) is 5.12. The summed E-state index contributed by atoms with van der Waals surface area (Å²) in [5.41, 5.74) is 9.33. The van der Waals surface area contributed by atoms with Crippen LogP contribution in [0.2, 0.25) is 0 Å². The van der Waals surface area contributed by atoms with Crippen LogP contribution in [0, 0.1) is 5.82 Å². The molecule has 0 bridgehead atoms. The molecule has 5 rings (SSSR count). The lowest BCUT2D eigenvalue weighted by Crippen LogP contribution is -2.21. The minimum atomic E-state index is -5.01. The highest BCUT2D eigenvalue weighted by molar-refractivity contribution is 7.93. The van der Waals surface area contributed by atoms with E-state index in [4.69, 9.17) is 10.5 Å². The topological polar surface area (TPSA) is 138 Å². The number of nitrogens with one attached hydrogen (secondary N) is 1. The first-order valence-corrected chi connectivity index (χ1v) is 13.3. The molecule has 40 heavy (non-hydrogen) atoms. The van der Waals surface area contributed by atoms with Gasteiger partial charge in [-0.25, -0.2) is 27.8 Å². The predicted octanol–water partition coefficient (Wildman–Crippen LogP) is 4.92. The molecule has 0 fully saturated rings. The van der Waals surface area contributed by atoms with Gasteiger partial charge in [0.2, 0.25) is 0 Å². The summed E-state index contributed by atoms with van der Waals surface area (Å²) in [7, 11) is -3.29. The van der Waals surface area contributed by atoms with E-state index in [9.17, 15) is 21.6 Å². The Balaban J connectivity index is 1.64. The summed E-state index contributed by atoms with van der Waals surface area (Å²) in [6.07, 6.45) is 3.86. The van der Waals surface area contributed by atoms with Crippen molar-refractivity contribution in [3.05, 3.63) is 78.6 Å². The molecule has 3 heterocycles. The molecule has 14 heteroatoms. The van der Waals surface area contributed by atoms with Crippen molar-refractivity contribution < 1.29 is 26.3 Å². The van der Waals surface area contributed by atoms with Gasteiger partial charge in [-0.1, -0.05) is 18.2 Å². The fourth-order valence-electron chi connectivity index (χ4n) is 4.22. The Morgan fingerprint density at radius 1 is 1.07 bits per heavy atom. The molecule has 0 aliphatic rings. The molecule has 0 aliphatic carbocycles. The number of hydrogen-bond donors (Lipinski definition) is 2. The minimum Gasteiger partial charge on any atom is -0.484 e. The Hall–Kier alpha value is -4.72. The number of alkyl halides is 2. The molecule has 0 saturated heterocycles. The average Bonchev–Trinajstić information content (AvgIpc) is 3.28. The van der Waals surface area contributed by atoms with Crippen LogP contribution in [0.5, 0.6) is 5.75 Å². The summed E-state index contributed by atoms with van der Waals surface area (Å²) in [5.74, 6) is -3.99. The molecule has 1 unspecified atom stereocenters. The molecule has 3 aromatic heterocycles. The van der Waals surface area contributed by atoms with E-state index in [0.29, 0.717) is 39.0 Å². The van der Waals surface area contributed by atoms with Crippen LogP contribution in [0.25, 0.3) is 33.4 Å². The second kappa shape index (κ2) is 10.4. The number of hydrogen-bond acceptors (Lipinski definition) is 8. The summed E-state index contributed by atoms with van der Waals surface area (Å²) in [5, 5.41) is 5.12. The lowest BCUT2D eigenvalue weighted by molar-refractivity contribution is 0.228. The van der Waals surface area contributed by atoms with E-state index in [0.717, 1.165) is 0 Å². The molecule has 0 saturated carbocycles. The second-order valence-electron chi connectivity index (χ2n) is 8.78. The highest BCUT2D eigenvalue weighted by atomic mass is 32.2. The van der Waals surface area contributed by atoms with Gasteiger partial charge in [0, 0.05) is 30.6 Å². The molecule has 3 N–H and O–H groups in total. The smallest absolute Gasteiger partial charge is 0.355 e. The monoisotopic (exact) mass is 569 g/mol. The highest BCUT2D eigenvalue weighted by Gasteiger charge is 2.27. The maximum absolute atomic E-state index is 13.4. The molecule has 0 aliphatic heterocycles. The molecule has 0 radical (unpaired) electrons. The third-order valence-corrected chi connectivity index (χ3v) is 7.11. The van der Waals surface area contributed by atoms with Gasteiger partial charge >= 0.3 is 5.76 Å². The van der Waals surface area contributed by atoms with Gasteiger partial charge in [-0.15, -0.1) is 0 Å². The lowest BCUT2D eigenvalue weighted by atomic mass is 10.0. The highest BCUT2D eigenvalue weighted by Crippen LogP contribution is 2.40. The van der Waals surface area contributed by atoms with Gasteiger partial charge in [-0.05, 0) is 42.8 Å². The number of nitrogen functional groups attached to an aromatic ring is 1.